The van der Waals surface area contributed by atoms with E-state index >= 15 is 0 Å². The summed E-state index contributed by atoms with van der Waals surface area (Å²) in [4.78, 5) is 40.6. The first kappa shape index (κ1) is 18.3. The number of carbonyl (C=O) groups excluding carboxylic acids is 3. The summed E-state index contributed by atoms with van der Waals surface area (Å²) in [7, 11) is 1.57. The second-order valence-electron chi connectivity index (χ2n) is 7.56. The number of rotatable bonds is 3. The van der Waals surface area contributed by atoms with Gasteiger partial charge >= 0.3 is 0 Å². The Kier molecular flexibility index (Phi) is 4.24. The predicted molar refractivity (Wildman–Crippen MR) is 112 cm³/mol. The highest BCUT2D eigenvalue weighted by Gasteiger charge is 2.47. The first-order valence-electron chi connectivity index (χ1n) is 9.83. The minimum Gasteiger partial charge on any atom is -0.497 e. The lowest BCUT2D eigenvalue weighted by molar-refractivity contribution is -0.122. The largest absolute Gasteiger partial charge is 0.497 e. The molecule has 2 amide bonds. The second-order valence-corrected chi connectivity index (χ2v) is 7.56. The Morgan fingerprint density at radius 1 is 0.800 bits per heavy atom. The Labute approximate surface area is 173 Å². The van der Waals surface area contributed by atoms with Gasteiger partial charge in [-0.05, 0) is 35.4 Å². The second kappa shape index (κ2) is 6.95. The van der Waals surface area contributed by atoms with E-state index in [1.54, 1.807) is 43.5 Å². The normalized spacial score (nSPS) is 18.4. The summed E-state index contributed by atoms with van der Waals surface area (Å²) in [5.41, 5.74) is 3.35. The van der Waals surface area contributed by atoms with Crippen LogP contribution in [-0.2, 0) is 9.59 Å². The van der Waals surface area contributed by atoms with Gasteiger partial charge in [-0.3, -0.25) is 19.3 Å². The molecule has 0 spiro atoms. The molecular formula is C25H19NO4. The lowest BCUT2D eigenvalue weighted by Crippen LogP contribution is -2.33. The van der Waals surface area contributed by atoms with Gasteiger partial charge in [-0.25, -0.2) is 0 Å². The summed E-state index contributed by atoms with van der Waals surface area (Å²) < 4.78 is 5.17. The summed E-state index contributed by atoms with van der Waals surface area (Å²) in [6.07, 6.45) is 0.104. The summed E-state index contributed by atoms with van der Waals surface area (Å²) in [5.74, 6) is -0.759. The predicted octanol–water partition coefficient (Wildman–Crippen LogP) is 3.95. The van der Waals surface area contributed by atoms with Gasteiger partial charge in [-0.15, -0.1) is 0 Å². The van der Waals surface area contributed by atoms with E-state index in [0.29, 0.717) is 22.6 Å². The number of imide groups is 1. The van der Waals surface area contributed by atoms with Crippen LogP contribution in [0.3, 0.4) is 0 Å². The van der Waals surface area contributed by atoms with Crippen molar-refractivity contribution in [2.45, 2.75) is 12.3 Å². The number of methoxy groups -OCH3 is 1. The molecule has 2 aliphatic rings. The summed E-state index contributed by atoms with van der Waals surface area (Å²) in [6, 6.07) is 21.6. The van der Waals surface area contributed by atoms with Crippen LogP contribution in [0.2, 0.25) is 0 Å². The zero-order valence-electron chi connectivity index (χ0n) is 16.4. The van der Waals surface area contributed by atoms with Crippen molar-refractivity contribution in [1.29, 1.82) is 0 Å². The Balaban J connectivity index is 1.59. The molecule has 5 nitrogen and oxygen atoms in total. The van der Waals surface area contributed by atoms with Crippen LogP contribution in [-0.4, -0.2) is 24.7 Å². The molecule has 0 bridgehead atoms. The van der Waals surface area contributed by atoms with E-state index < -0.39 is 5.92 Å². The van der Waals surface area contributed by atoms with Crippen LogP contribution in [0.15, 0.2) is 72.8 Å². The third kappa shape index (κ3) is 2.66. The van der Waals surface area contributed by atoms with E-state index in [1.807, 2.05) is 36.4 Å². The number of hydrogen-bond donors (Lipinski definition) is 0. The molecular weight excluding hydrogens is 378 g/mol. The molecule has 30 heavy (non-hydrogen) atoms. The van der Waals surface area contributed by atoms with Crippen molar-refractivity contribution < 1.29 is 19.1 Å². The lowest BCUT2D eigenvalue weighted by Gasteiger charge is -2.30. The van der Waals surface area contributed by atoms with Gasteiger partial charge in [0.25, 0.3) is 0 Å². The highest BCUT2D eigenvalue weighted by atomic mass is 16.5. The topological polar surface area (TPSA) is 63.7 Å². The SMILES string of the molecule is COc1ccc(N2C(=O)C[C@@H](C3c4ccccc4C(=O)c4ccccc43)C2=O)cc1. The van der Waals surface area contributed by atoms with E-state index in [-0.39, 0.29) is 29.9 Å². The fraction of sp³-hybridized carbons (Fsp3) is 0.160. The summed E-state index contributed by atoms with van der Waals surface area (Å²) in [5, 5.41) is 0. The number of carbonyl (C=O) groups is 3. The van der Waals surface area contributed by atoms with Crippen molar-refractivity contribution >= 4 is 23.3 Å². The van der Waals surface area contributed by atoms with Crippen LogP contribution in [0.4, 0.5) is 5.69 Å². The van der Waals surface area contributed by atoms with Crippen LogP contribution in [0, 0.1) is 5.92 Å². The minimum absolute atomic E-state index is 0.0405. The average Bonchev–Trinajstić information content (AvgIpc) is 3.08. The highest BCUT2D eigenvalue weighted by Crippen LogP contribution is 2.45. The van der Waals surface area contributed by atoms with Gasteiger partial charge in [-0.2, -0.15) is 0 Å². The summed E-state index contributed by atoms with van der Waals surface area (Å²) >= 11 is 0. The van der Waals surface area contributed by atoms with Crippen molar-refractivity contribution in [3.8, 4) is 5.75 Å². The molecule has 5 rings (SSSR count). The molecule has 148 valence electrons. The average molecular weight is 397 g/mol. The maximum atomic E-state index is 13.5. The fourth-order valence-electron chi connectivity index (χ4n) is 4.61. The standard InChI is InChI=1S/C25H19NO4/c1-30-16-12-10-15(11-13-16)26-22(27)14-21(25(26)29)23-17-6-2-4-8-19(17)24(28)20-9-5-3-7-18(20)23/h2-13,21,23H,14H2,1H3/t21-/m0/s1. The maximum absolute atomic E-state index is 13.5. The molecule has 0 radical (unpaired) electrons. The first-order valence-corrected chi connectivity index (χ1v) is 9.83. The van der Waals surface area contributed by atoms with Crippen molar-refractivity contribution in [1.82, 2.24) is 0 Å². The molecule has 1 heterocycles. The molecule has 1 saturated heterocycles. The number of benzene rings is 3. The number of ether oxygens (including phenoxy) is 1. The third-order valence-electron chi connectivity index (χ3n) is 6.00. The number of nitrogens with zero attached hydrogens (tertiary/aromatic N) is 1. The minimum atomic E-state index is -0.560. The van der Waals surface area contributed by atoms with Crippen molar-refractivity contribution in [2.24, 2.45) is 5.92 Å². The maximum Gasteiger partial charge on any atom is 0.238 e. The highest BCUT2D eigenvalue weighted by molar-refractivity contribution is 6.22. The molecule has 0 unspecified atom stereocenters. The first-order chi connectivity index (χ1) is 14.6. The summed E-state index contributed by atoms with van der Waals surface area (Å²) in [6.45, 7) is 0. The van der Waals surface area contributed by atoms with Gasteiger partial charge in [0.1, 0.15) is 5.75 Å². The molecule has 1 aliphatic carbocycles. The zero-order valence-corrected chi connectivity index (χ0v) is 16.4. The lowest BCUT2D eigenvalue weighted by atomic mass is 9.71. The molecule has 5 heteroatoms. The Morgan fingerprint density at radius 2 is 1.37 bits per heavy atom. The Hall–Kier alpha value is -3.73. The van der Waals surface area contributed by atoms with E-state index in [2.05, 4.69) is 0 Å². The Bertz CT molecular complexity index is 1130. The third-order valence-corrected chi connectivity index (χ3v) is 6.00. The molecule has 1 atom stereocenters. The van der Waals surface area contributed by atoms with Crippen LogP contribution < -0.4 is 9.64 Å². The zero-order chi connectivity index (χ0) is 20.8. The van der Waals surface area contributed by atoms with Crippen molar-refractivity contribution in [3.05, 3.63) is 95.1 Å². The van der Waals surface area contributed by atoms with Crippen molar-refractivity contribution in [3.63, 3.8) is 0 Å². The molecule has 3 aromatic carbocycles. The van der Waals surface area contributed by atoms with Crippen LogP contribution >= 0.6 is 0 Å². The molecule has 1 aliphatic heterocycles. The van der Waals surface area contributed by atoms with Gasteiger partial charge in [-0.1, -0.05) is 48.5 Å². The van der Waals surface area contributed by atoms with E-state index in [4.69, 9.17) is 4.74 Å². The molecule has 0 N–H and O–H groups in total. The molecule has 3 aromatic rings. The van der Waals surface area contributed by atoms with E-state index in [0.717, 1.165) is 11.1 Å². The van der Waals surface area contributed by atoms with Crippen LogP contribution in [0.5, 0.6) is 5.75 Å². The molecule has 0 aromatic heterocycles. The number of ketones is 1. The van der Waals surface area contributed by atoms with Gasteiger partial charge in [0.05, 0.1) is 18.7 Å². The fourth-order valence-corrected chi connectivity index (χ4v) is 4.61. The number of amides is 2. The van der Waals surface area contributed by atoms with Gasteiger partial charge in [0.2, 0.25) is 11.8 Å². The quantitative estimate of drug-likeness (QED) is 0.628. The molecule has 1 fully saturated rings. The smallest absolute Gasteiger partial charge is 0.238 e. The number of hydrogen-bond acceptors (Lipinski definition) is 4. The number of anilines is 1. The molecule has 0 saturated carbocycles. The van der Waals surface area contributed by atoms with Crippen LogP contribution in [0.1, 0.15) is 39.4 Å². The van der Waals surface area contributed by atoms with Crippen LogP contribution in [0.25, 0.3) is 0 Å². The monoisotopic (exact) mass is 397 g/mol. The number of fused-ring (bicyclic) bond motifs is 2. The Morgan fingerprint density at radius 3 is 1.93 bits per heavy atom. The van der Waals surface area contributed by atoms with E-state index in [1.165, 1.54) is 4.90 Å². The van der Waals surface area contributed by atoms with Gasteiger partial charge in [0.15, 0.2) is 5.78 Å². The van der Waals surface area contributed by atoms with E-state index in [9.17, 15) is 14.4 Å². The van der Waals surface area contributed by atoms with Crippen molar-refractivity contribution in [2.75, 3.05) is 12.0 Å². The van der Waals surface area contributed by atoms with Gasteiger partial charge in [0, 0.05) is 23.5 Å². The van der Waals surface area contributed by atoms with Gasteiger partial charge < -0.3 is 4.74 Å².